The zero-order chi connectivity index (χ0) is 9.59. The number of anilines is 2. The third kappa shape index (κ3) is 1.00. The van der Waals surface area contributed by atoms with Gasteiger partial charge in [-0.2, -0.15) is 0 Å². The highest BCUT2D eigenvalue weighted by Crippen LogP contribution is 2.19. The van der Waals surface area contributed by atoms with Gasteiger partial charge in [-0.15, -0.1) is 5.10 Å². The van der Waals surface area contributed by atoms with Gasteiger partial charge in [0.05, 0.1) is 0 Å². The fourth-order valence-electron chi connectivity index (χ4n) is 1.35. The average molecular weight is 177 g/mol. The third-order valence-corrected chi connectivity index (χ3v) is 1.96. The van der Waals surface area contributed by atoms with Crippen LogP contribution in [0.3, 0.4) is 0 Å². The van der Waals surface area contributed by atoms with Gasteiger partial charge in [-0.05, 0) is 19.9 Å². The molecule has 0 radical (unpaired) electrons. The molecular formula is C8H11N5. The van der Waals surface area contributed by atoms with Crippen LogP contribution >= 0.6 is 0 Å². The normalized spacial score (nSPS) is 10.9. The standard InChI is InChI=1S/C8H11N5/c1-4-3-5(2)13-8(11-4)6(9)7(10)12-13/h3H,9H2,1-2H3,(H2,10,12). The molecule has 0 aromatic carbocycles. The summed E-state index contributed by atoms with van der Waals surface area (Å²) in [6, 6.07) is 1.93. The van der Waals surface area contributed by atoms with Crippen LogP contribution in [-0.4, -0.2) is 14.6 Å². The summed E-state index contributed by atoms with van der Waals surface area (Å²) in [5.74, 6) is 0.334. The largest absolute Gasteiger partial charge is 0.393 e. The van der Waals surface area contributed by atoms with Crippen molar-refractivity contribution in [3.63, 3.8) is 0 Å². The van der Waals surface area contributed by atoms with E-state index >= 15 is 0 Å². The highest BCUT2D eigenvalue weighted by atomic mass is 15.3. The second-order valence-electron chi connectivity index (χ2n) is 3.07. The van der Waals surface area contributed by atoms with Crippen LogP contribution in [0, 0.1) is 13.8 Å². The molecule has 0 amide bonds. The average Bonchev–Trinajstić information content (AvgIpc) is 2.32. The number of fused-ring (bicyclic) bond motifs is 1. The highest BCUT2D eigenvalue weighted by Gasteiger charge is 2.09. The Morgan fingerprint density at radius 1 is 1.31 bits per heavy atom. The first kappa shape index (κ1) is 7.85. The zero-order valence-electron chi connectivity index (χ0n) is 7.57. The molecule has 0 atom stereocenters. The number of aromatic nitrogens is 3. The molecule has 0 fully saturated rings. The van der Waals surface area contributed by atoms with Crippen molar-refractivity contribution in [3.8, 4) is 0 Å². The van der Waals surface area contributed by atoms with Crippen molar-refractivity contribution >= 4 is 17.2 Å². The molecule has 0 unspecified atom stereocenters. The van der Waals surface area contributed by atoms with Gasteiger partial charge in [0.25, 0.3) is 0 Å². The maximum Gasteiger partial charge on any atom is 0.181 e. The zero-order valence-corrected chi connectivity index (χ0v) is 7.57. The van der Waals surface area contributed by atoms with Gasteiger partial charge in [0.1, 0.15) is 5.69 Å². The Morgan fingerprint density at radius 2 is 2.00 bits per heavy atom. The van der Waals surface area contributed by atoms with Gasteiger partial charge in [-0.25, -0.2) is 9.50 Å². The molecule has 0 aliphatic heterocycles. The molecule has 2 rings (SSSR count). The van der Waals surface area contributed by atoms with Gasteiger partial charge in [0.2, 0.25) is 0 Å². The van der Waals surface area contributed by atoms with Crippen LogP contribution in [0.15, 0.2) is 6.07 Å². The molecule has 0 aliphatic rings. The van der Waals surface area contributed by atoms with E-state index in [0.717, 1.165) is 11.4 Å². The minimum atomic E-state index is 0.334. The summed E-state index contributed by atoms with van der Waals surface area (Å²) < 4.78 is 1.65. The molecule has 4 N–H and O–H groups in total. The van der Waals surface area contributed by atoms with Crippen LogP contribution in [-0.2, 0) is 0 Å². The topological polar surface area (TPSA) is 82.2 Å². The number of hydrogen-bond acceptors (Lipinski definition) is 4. The number of rotatable bonds is 0. The van der Waals surface area contributed by atoms with Crippen LogP contribution in [0.4, 0.5) is 11.5 Å². The first-order valence-electron chi connectivity index (χ1n) is 3.97. The maximum absolute atomic E-state index is 5.71. The first-order chi connectivity index (χ1) is 6.09. The molecule has 0 aliphatic carbocycles. The SMILES string of the molecule is Cc1cc(C)n2nc(N)c(N)c2n1. The van der Waals surface area contributed by atoms with E-state index in [0.29, 0.717) is 17.2 Å². The predicted octanol–water partition coefficient (Wildman–Crippen LogP) is 0.511. The van der Waals surface area contributed by atoms with Crippen LogP contribution in [0.5, 0.6) is 0 Å². The van der Waals surface area contributed by atoms with Crippen molar-refractivity contribution in [2.75, 3.05) is 11.5 Å². The van der Waals surface area contributed by atoms with E-state index in [1.807, 2.05) is 19.9 Å². The monoisotopic (exact) mass is 177 g/mol. The van der Waals surface area contributed by atoms with Gasteiger partial charge < -0.3 is 11.5 Å². The molecule has 2 aromatic rings. The summed E-state index contributed by atoms with van der Waals surface area (Å²) in [5, 5.41) is 4.06. The molecule has 0 bridgehead atoms. The Hall–Kier alpha value is -1.78. The Labute approximate surface area is 75.4 Å². The number of hydrogen-bond donors (Lipinski definition) is 2. The van der Waals surface area contributed by atoms with Crippen molar-refractivity contribution in [3.05, 3.63) is 17.5 Å². The molecule has 13 heavy (non-hydrogen) atoms. The van der Waals surface area contributed by atoms with Gasteiger partial charge >= 0.3 is 0 Å². The molecule has 0 spiro atoms. The van der Waals surface area contributed by atoms with Crippen molar-refractivity contribution in [2.24, 2.45) is 0 Å². The quantitative estimate of drug-likeness (QED) is 0.614. The highest BCUT2D eigenvalue weighted by molar-refractivity contribution is 5.76. The van der Waals surface area contributed by atoms with E-state index in [4.69, 9.17) is 11.5 Å². The molecule has 2 heterocycles. The van der Waals surface area contributed by atoms with Gasteiger partial charge in [-0.3, -0.25) is 0 Å². The maximum atomic E-state index is 5.71. The Morgan fingerprint density at radius 3 is 2.69 bits per heavy atom. The van der Waals surface area contributed by atoms with E-state index in [1.165, 1.54) is 0 Å². The second-order valence-corrected chi connectivity index (χ2v) is 3.07. The summed E-state index contributed by atoms with van der Waals surface area (Å²) in [6.07, 6.45) is 0. The Kier molecular flexibility index (Phi) is 1.42. The summed E-state index contributed by atoms with van der Waals surface area (Å²) >= 11 is 0. The molecule has 5 nitrogen and oxygen atoms in total. The van der Waals surface area contributed by atoms with Crippen LogP contribution in [0.2, 0.25) is 0 Å². The van der Waals surface area contributed by atoms with E-state index in [2.05, 4.69) is 10.1 Å². The number of nitrogens with two attached hydrogens (primary N) is 2. The third-order valence-electron chi connectivity index (χ3n) is 1.96. The van der Waals surface area contributed by atoms with Gasteiger partial charge in [-0.1, -0.05) is 0 Å². The summed E-state index contributed by atoms with van der Waals surface area (Å²) in [7, 11) is 0. The van der Waals surface area contributed by atoms with Crippen LogP contribution < -0.4 is 11.5 Å². The smallest absolute Gasteiger partial charge is 0.181 e. The lowest BCUT2D eigenvalue weighted by molar-refractivity contribution is 0.890. The van der Waals surface area contributed by atoms with Gasteiger partial charge in [0, 0.05) is 11.4 Å². The van der Waals surface area contributed by atoms with E-state index in [-0.39, 0.29) is 0 Å². The lowest BCUT2D eigenvalue weighted by Gasteiger charge is -1.99. The molecule has 0 saturated heterocycles. The first-order valence-corrected chi connectivity index (χ1v) is 3.97. The lowest BCUT2D eigenvalue weighted by atomic mass is 10.3. The van der Waals surface area contributed by atoms with E-state index < -0.39 is 0 Å². The fraction of sp³-hybridized carbons (Fsp3) is 0.250. The number of nitrogen functional groups attached to an aromatic ring is 2. The minimum Gasteiger partial charge on any atom is -0.393 e. The molecule has 2 aromatic heterocycles. The molecule has 5 heteroatoms. The Balaban J connectivity index is 2.94. The summed E-state index contributed by atoms with van der Waals surface area (Å²) in [4.78, 5) is 4.25. The molecular weight excluding hydrogens is 166 g/mol. The van der Waals surface area contributed by atoms with Crippen molar-refractivity contribution < 1.29 is 0 Å². The van der Waals surface area contributed by atoms with Crippen molar-refractivity contribution in [1.82, 2.24) is 14.6 Å². The van der Waals surface area contributed by atoms with E-state index in [1.54, 1.807) is 4.52 Å². The van der Waals surface area contributed by atoms with Crippen LogP contribution in [0.1, 0.15) is 11.4 Å². The van der Waals surface area contributed by atoms with Crippen molar-refractivity contribution in [2.45, 2.75) is 13.8 Å². The molecule has 68 valence electrons. The Bertz CT molecular complexity index is 471. The van der Waals surface area contributed by atoms with Crippen LogP contribution in [0.25, 0.3) is 5.65 Å². The number of aryl methyl sites for hydroxylation is 2. The van der Waals surface area contributed by atoms with E-state index in [9.17, 15) is 0 Å². The summed E-state index contributed by atoms with van der Waals surface area (Å²) in [6.45, 7) is 3.85. The predicted molar refractivity (Wildman–Crippen MR) is 51.3 cm³/mol. The minimum absolute atomic E-state index is 0.334. The van der Waals surface area contributed by atoms with Crippen molar-refractivity contribution in [1.29, 1.82) is 0 Å². The number of nitrogens with zero attached hydrogens (tertiary/aromatic N) is 3. The summed E-state index contributed by atoms with van der Waals surface area (Å²) in [5.41, 5.74) is 14.3. The fourth-order valence-corrected chi connectivity index (χ4v) is 1.35. The molecule has 0 saturated carbocycles. The lowest BCUT2D eigenvalue weighted by Crippen LogP contribution is -1.98. The van der Waals surface area contributed by atoms with Gasteiger partial charge in [0.15, 0.2) is 11.5 Å². The second kappa shape index (κ2) is 2.35.